The highest BCUT2D eigenvalue weighted by Gasteiger charge is 2.28. The van der Waals surface area contributed by atoms with Crippen LogP contribution >= 0.6 is 0 Å². The molecule has 1 aromatic carbocycles. The minimum absolute atomic E-state index is 0.0426. The van der Waals surface area contributed by atoms with E-state index in [9.17, 15) is 14.4 Å². The lowest BCUT2D eigenvalue weighted by molar-refractivity contribution is -0.121. The summed E-state index contributed by atoms with van der Waals surface area (Å²) in [4.78, 5) is 41.0. The summed E-state index contributed by atoms with van der Waals surface area (Å²) in [6, 6.07) is 8.74. The molecule has 1 N–H and O–H groups in total. The van der Waals surface area contributed by atoms with Crippen molar-refractivity contribution in [3.63, 3.8) is 0 Å². The maximum absolute atomic E-state index is 12.6. The van der Waals surface area contributed by atoms with Gasteiger partial charge in [0.15, 0.2) is 0 Å². The Hall–Kier alpha value is -3.09. The van der Waals surface area contributed by atoms with E-state index in [1.165, 1.54) is 12.5 Å². The summed E-state index contributed by atoms with van der Waals surface area (Å²) in [5.74, 6) is -0.181. The van der Waals surface area contributed by atoms with Gasteiger partial charge in [-0.3, -0.25) is 14.4 Å². The SMILES string of the molecule is O=C(Nc1ccc(C(=O)N2CCCC2)cc1)C1CCN(C(=O)c2ccoc2)CC1. The van der Waals surface area contributed by atoms with Crippen LogP contribution in [0.25, 0.3) is 0 Å². The summed E-state index contributed by atoms with van der Waals surface area (Å²) in [6.45, 7) is 2.73. The number of hydrogen-bond acceptors (Lipinski definition) is 4. The van der Waals surface area contributed by atoms with E-state index in [0.717, 1.165) is 25.9 Å². The van der Waals surface area contributed by atoms with Gasteiger partial charge in [0.25, 0.3) is 11.8 Å². The van der Waals surface area contributed by atoms with Crippen molar-refractivity contribution in [3.8, 4) is 0 Å². The molecule has 3 amide bonds. The van der Waals surface area contributed by atoms with Crippen LogP contribution in [-0.2, 0) is 4.79 Å². The summed E-state index contributed by atoms with van der Waals surface area (Å²) in [5, 5.41) is 2.94. The second kappa shape index (κ2) is 8.51. The van der Waals surface area contributed by atoms with Crippen molar-refractivity contribution < 1.29 is 18.8 Å². The average Bonchev–Trinajstić information content (AvgIpc) is 3.47. The first-order valence-corrected chi connectivity index (χ1v) is 10.1. The third-order valence-corrected chi connectivity index (χ3v) is 5.71. The molecule has 1 aromatic heterocycles. The van der Waals surface area contributed by atoms with Gasteiger partial charge in [0.1, 0.15) is 6.26 Å². The number of anilines is 1. The van der Waals surface area contributed by atoms with E-state index in [0.29, 0.717) is 42.7 Å². The molecular weight excluding hydrogens is 370 g/mol. The maximum atomic E-state index is 12.6. The molecule has 2 aromatic rings. The molecular formula is C22H25N3O4. The zero-order valence-electron chi connectivity index (χ0n) is 16.3. The van der Waals surface area contributed by atoms with E-state index < -0.39 is 0 Å². The van der Waals surface area contributed by atoms with Gasteiger partial charge >= 0.3 is 0 Å². The van der Waals surface area contributed by atoms with Crippen LogP contribution in [0.4, 0.5) is 5.69 Å². The molecule has 2 aliphatic rings. The van der Waals surface area contributed by atoms with Gasteiger partial charge in [-0.2, -0.15) is 0 Å². The molecule has 2 fully saturated rings. The van der Waals surface area contributed by atoms with Gasteiger partial charge in [-0.05, 0) is 56.0 Å². The summed E-state index contributed by atoms with van der Waals surface area (Å²) in [5.41, 5.74) is 1.87. The topological polar surface area (TPSA) is 82.9 Å². The molecule has 0 aliphatic carbocycles. The van der Waals surface area contributed by atoms with Crippen molar-refractivity contribution >= 4 is 23.4 Å². The molecule has 152 valence electrons. The third-order valence-electron chi connectivity index (χ3n) is 5.71. The lowest BCUT2D eigenvalue weighted by atomic mass is 9.95. The molecule has 2 saturated heterocycles. The Morgan fingerprint density at radius 3 is 2.07 bits per heavy atom. The van der Waals surface area contributed by atoms with Crippen molar-refractivity contribution in [1.29, 1.82) is 0 Å². The second-order valence-corrected chi connectivity index (χ2v) is 7.64. The number of likely N-dealkylation sites (tertiary alicyclic amines) is 2. The van der Waals surface area contributed by atoms with Gasteiger partial charge in [-0.1, -0.05) is 0 Å². The van der Waals surface area contributed by atoms with E-state index in [-0.39, 0.29) is 23.6 Å². The highest BCUT2D eigenvalue weighted by atomic mass is 16.3. The molecule has 2 aliphatic heterocycles. The van der Waals surface area contributed by atoms with Crippen molar-refractivity contribution in [2.24, 2.45) is 5.92 Å². The van der Waals surface area contributed by atoms with Gasteiger partial charge in [-0.15, -0.1) is 0 Å². The largest absolute Gasteiger partial charge is 0.472 e. The first-order valence-electron chi connectivity index (χ1n) is 10.1. The Kier molecular flexibility index (Phi) is 5.64. The van der Waals surface area contributed by atoms with Crippen LogP contribution < -0.4 is 5.32 Å². The molecule has 7 nitrogen and oxygen atoms in total. The fraction of sp³-hybridized carbons (Fsp3) is 0.409. The number of benzene rings is 1. The molecule has 29 heavy (non-hydrogen) atoms. The molecule has 0 unspecified atom stereocenters. The van der Waals surface area contributed by atoms with Crippen LogP contribution in [0, 0.1) is 5.92 Å². The van der Waals surface area contributed by atoms with Gasteiger partial charge in [0.05, 0.1) is 11.8 Å². The van der Waals surface area contributed by atoms with Gasteiger partial charge < -0.3 is 19.5 Å². The van der Waals surface area contributed by atoms with Crippen molar-refractivity contribution in [2.45, 2.75) is 25.7 Å². The number of furan rings is 1. The van der Waals surface area contributed by atoms with Crippen LogP contribution in [0.3, 0.4) is 0 Å². The summed E-state index contributed by atoms with van der Waals surface area (Å²) in [7, 11) is 0. The van der Waals surface area contributed by atoms with E-state index in [4.69, 9.17) is 4.42 Å². The molecule has 7 heteroatoms. The summed E-state index contributed by atoms with van der Waals surface area (Å²) < 4.78 is 4.97. The van der Waals surface area contributed by atoms with E-state index in [1.54, 1.807) is 35.2 Å². The number of hydrogen-bond donors (Lipinski definition) is 1. The fourth-order valence-corrected chi connectivity index (χ4v) is 3.96. The van der Waals surface area contributed by atoms with Crippen molar-refractivity contribution in [3.05, 3.63) is 54.0 Å². The number of carbonyl (C=O) groups is 3. The van der Waals surface area contributed by atoms with Crippen LogP contribution in [0.1, 0.15) is 46.4 Å². The number of rotatable bonds is 4. The molecule has 0 radical (unpaired) electrons. The van der Waals surface area contributed by atoms with Crippen LogP contribution in [0.5, 0.6) is 0 Å². The predicted octanol–water partition coefficient (Wildman–Crippen LogP) is 3.01. The van der Waals surface area contributed by atoms with Crippen LogP contribution in [0.15, 0.2) is 47.3 Å². The first kappa shape index (κ1) is 19.2. The summed E-state index contributed by atoms with van der Waals surface area (Å²) >= 11 is 0. The monoisotopic (exact) mass is 395 g/mol. The number of nitrogens with one attached hydrogen (secondary N) is 1. The lowest BCUT2D eigenvalue weighted by Gasteiger charge is -2.31. The highest BCUT2D eigenvalue weighted by Crippen LogP contribution is 2.22. The Bertz CT molecular complexity index is 862. The van der Waals surface area contributed by atoms with Crippen LogP contribution in [0.2, 0.25) is 0 Å². The number of piperidine rings is 1. The molecule has 4 rings (SSSR count). The predicted molar refractivity (Wildman–Crippen MR) is 108 cm³/mol. The summed E-state index contributed by atoms with van der Waals surface area (Å²) in [6.07, 6.45) is 6.30. The number of amides is 3. The number of nitrogens with zero attached hydrogens (tertiary/aromatic N) is 2. The maximum Gasteiger partial charge on any atom is 0.257 e. The van der Waals surface area contributed by atoms with E-state index >= 15 is 0 Å². The zero-order chi connectivity index (χ0) is 20.2. The molecule has 0 atom stereocenters. The Labute approximate surface area is 169 Å². The minimum atomic E-state index is -0.130. The van der Waals surface area contributed by atoms with Crippen LogP contribution in [-0.4, -0.2) is 53.7 Å². The molecule has 3 heterocycles. The Morgan fingerprint density at radius 1 is 0.828 bits per heavy atom. The lowest BCUT2D eigenvalue weighted by Crippen LogP contribution is -2.41. The third kappa shape index (κ3) is 4.34. The van der Waals surface area contributed by atoms with E-state index in [2.05, 4.69) is 5.32 Å². The standard InChI is InChI=1S/C22H25N3O4/c26-20(16-7-12-25(13-8-16)22(28)18-9-14-29-15-18)23-19-5-3-17(4-6-19)21(27)24-10-1-2-11-24/h3-6,9,14-16H,1-2,7-8,10-13H2,(H,23,26). The first-order chi connectivity index (χ1) is 14.1. The average molecular weight is 395 g/mol. The highest BCUT2D eigenvalue weighted by molar-refractivity contribution is 5.97. The normalized spacial score (nSPS) is 17.4. The quantitative estimate of drug-likeness (QED) is 0.863. The molecule has 0 saturated carbocycles. The van der Waals surface area contributed by atoms with Gasteiger partial charge in [0, 0.05) is 43.3 Å². The molecule has 0 bridgehead atoms. The Morgan fingerprint density at radius 2 is 1.45 bits per heavy atom. The Balaban J connectivity index is 1.28. The van der Waals surface area contributed by atoms with Crippen molar-refractivity contribution in [2.75, 3.05) is 31.5 Å². The van der Waals surface area contributed by atoms with Gasteiger partial charge in [-0.25, -0.2) is 0 Å². The smallest absolute Gasteiger partial charge is 0.257 e. The van der Waals surface area contributed by atoms with E-state index in [1.807, 2.05) is 4.90 Å². The zero-order valence-corrected chi connectivity index (χ0v) is 16.3. The second-order valence-electron chi connectivity index (χ2n) is 7.64. The fourth-order valence-electron chi connectivity index (χ4n) is 3.96. The number of carbonyl (C=O) groups excluding carboxylic acids is 3. The minimum Gasteiger partial charge on any atom is -0.472 e. The van der Waals surface area contributed by atoms with Crippen molar-refractivity contribution in [1.82, 2.24) is 9.80 Å². The molecule has 0 spiro atoms. The van der Waals surface area contributed by atoms with Gasteiger partial charge in [0.2, 0.25) is 5.91 Å².